The molecule has 0 atom stereocenters. The minimum Gasteiger partial charge on any atom is -0.302 e. The van der Waals surface area contributed by atoms with Crippen LogP contribution in [0.1, 0.15) is 37.7 Å². The van der Waals surface area contributed by atoms with Crippen molar-refractivity contribution in [3.63, 3.8) is 0 Å². The van der Waals surface area contributed by atoms with Crippen molar-refractivity contribution < 1.29 is 0 Å². The first-order valence-corrected chi connectivity index (χ1v) is 7.57. The smallest absolute Gasteiger partial charge is 0.0213 e. The Labute approximate surface area is 112 Å². The fourth-order valence-corrected chi connectivity index (χ4v) is 4.13. The lowest BCUT2D eigenvalue weighted by Gasteiger charge is -2.40. The van der Waals surface area contributed by atoms with E-state index < -0.39 is 0 Å². The molecule has 2 aliphatic rings. The maximum absolute atomic E-state index is 3.75. The van der Waals surface area contributed by atoms with Crippen LogP contribution >= 0.6 is 15.9 Å². The van der Waals surface area contributed by atoms with E-state index in [1.54, 1.807) is 5.56 Å². The topological polar surface area (TPSA) is 3.24 Å². The number of hydrogen-bond donors (Lipinski definition) is 0. The van der Waals surface area contributed by atoms with Crippen molar-refractivity contribution in [1.82, 2.24) is 4.90 Å². The Balaban J connectivity index is 1.90. The molecule has 1 aromatic rings. The Hall–Kier alpha value is -0.340. The molecule has 3 rings (SSSR count). The fourth-order valence-electron chi connectivity index (χ4n) is 3.42. The zero-order chi connectivity index (χ0) is 11.7. The third-order valence-electron chi connectivity index (χ3n) is 4.48. The SMILES string of the molecule is Brc1ccccc1C1(CN2CCC2)CCCC1. The van der Waals surface area contributed by atoms with Gasteiger partial charge in [-0.2, -0.15) is 0 Å². The molecular weight excluding hydrogens is 274 g/mol. The highest BCUT2D eigenvalue weighted by molar-refractivity contribution is 9.10. The summed E-state index contributed by atoms with van der Waals surface area (Å²) in [7, 11) is 0. The van der Waals surface area contributed by atoms with E-state index in [-0.39, 0.29) is 0 Å². The van der Waals surface area contributed by atoms with E-state index in [1.165, 1.54) is 56.2 Å². The molecule has 1 aliphatic heterocycles. The Morgan fingerprint density at radius 1 is 1.06 bits per heavy atom. The Morgan fingerprint density at radius 2 is 1.76 bits per heavy atom. The molecule has 0 unspecified atom stereocenters. The number of hydrogen-bond acceptors (Lipinski definition) is 1. The van der Waals surface area contributed by atoms with E-state index in [2.05, 4.69) is 45.1 Å². The van der Waals surface area contributed by atoms with Crippen molar-refractivity contribution in [3.05, 3.63) is 34.3 Å². The lowest BCUT2D eigenvalue weighted by molar-refractivity contribution is 0.136. The van der Waals surface area contributed by atoms with Crippen LogP contribution in [0.15, 0.2) is 28.7 Å². The van der Waals surface area contributed by atoms with Crippen LogP contribution in [-0.4, -0.2) is 24.5 Å². The van der Waals surface area contributed by atoms with Gasteiger partial charge in [-0.15, -0.1) is 0 Å². The zero-order valence-corrected chi connectivity index (χ0v) is 11.9. The molecule has 0 radical (unpaired) electrons. The molecule has 1 heterocycles. The van der Waals surface area contributed by atoms with Crippen molar-refractivity contribution in [3.8, 4) is 0 Å². The van der Waals surface area contributed by atoms with Crippen LogP contribution in [-0.2, 0) is 5.41 Å². The van der Waals surface area contributed by atoms with E-state index in [4.69, 9.17) is 0 Å². The van der Waals surface area contributed by atoms with Gasteiger partial charge in [0.2, 0.25) is 0 Å². The maximum Gasteiger partial charge on any atom is 0.0213 e. The van der Waals surface area contributed by atoms with Crippen molar-refractivity contribution in [2.75, 3.05) is 19.6 Å². The van der Waals surface area contributed by atoms with E-state index in [0.717, 1.165) is 0 Å². The maximum atomic E-state index is 3.75. The average molecular weight is 294 g/mol. The predicted octanol–water partition coefficient (Wildman–Crippen LogP) is 3.97. The molecule has 0 amide bonds. The van der Waals surface area contributed by atoms with Crippen LogP contribution in [0.25, 0.3) is 0 Å². The van der Waals surface area contributed by atoms with Gasteiger partial charge in [-0.05, 0) is 44.0 Å². The molecule has 1 saturated carbocycles. The summed E-state index contributed by atoms with van der Waals surface area (Å²) < 4.78 is 1.31. The number of likely N-dealkylation sites (tertiary alicyclic amines) is 1. The number of benzene rings is 1. The van der Waals surface area contributed by atoms with Crippen LogP contribution < -0.4 is 0 Å². The summed E-state index contributed by atoms with van der Waals surface area (Å²) in [5, 5.41) is 0. The van der Waals surface area contributed by atoms with E-state index in [9.17, 15) is 0 Å². The van der Waals surface area contributed by atoms with Crippen LogP contribution in [0.2, 0.25) is 0 Å². The van der Waals surface area contributed by atoms with Crippen molar-refractivity contribution in [1.29, 1.82) is 0 Å². The average Bonchev–Trinajstić information content (AvgIpc) is 2.74. The van der Waals surface area contributed by atoms with Gasteiger partial charge in [-0.3, -0.25) is 0 Å². The summed E-state index contributed by atoms with van der Waals surface area (Å²) in [4.78, 5) is 2.63. The van der Waals surface area contributed by atoms with Gasteiger partial charge in [-0.25, -0.2) is 0 Å². The molecular formula is C15H20BrN. The largest absolute Gasteiger partial charge is 0.302 e. The summed E-state index contributed by atoms with van der Waals surface area (Å²) in [5.41, 5.74) is 1.98. The van der Waals surface area contributed by atoms with E-state index in [1.807, 2.05) is 0 Å². The summed E-state index contributed by atoms with van der Waals surface area (Å²) in [6, 6.07) is 8.84. The second-order valence-electron chi connectivity index (χ2n) is 5.60. The number of rotatable bonds is 3. The third-order valence-corrected chi connectivity index (χ3v) is 5.17. The van der Waals surface area contributed by atoms with E-state index in [0.29, 0.717) is 5.41 Å². The van der Waals surface area contributed by atoms with Gasteiger partial charge in [0, 0.05) is 16.4 Å². The Kier molecular flexibility index (Phi) is 3.27. The fraction of sp³-hybridized carbons (Fsp3) is 0.600. The molecule has 1 nitrogen and oxygen atoms in total. The zero-order valence-electron chi connectivity index (χ0n) is 10.3. The van der Waals surface area contributed by atoms with Gasteiger partial charge in [0.15, 0.2) is 0 Å². The van der Waals surface area contributed by atoms with Crippen LogP contribution in [0.4, 0.5) is 0 Å². The number of nitrogens with zero attached hydrogens (tertiary/aromatic N) is 1. The van der Waals surface area contributed by atoms with Crippen molar-refractivity contribution in [2.24, 2.45) is 0 Å². The molecule has 2 fully saturated rings. The lowest BCUT2D eigenvalue weighted by atomic mass is 9.78. The van der Waals surface area contributed by atoms with Gasteiger partial charge in [0.25, 0.3) is 0 Å². The van der Waals surface area contributed by atoms with Gasteiger partial charge in [-0.1, -0.05) is 47.0 Å². The van der Waals surface area contributed by atoms with Gasteiger partial charge in [0.1, 0.15) is 0 Å². The third kappa shape index (κ3) is 2.17. The summed E-state index contributed by atoms with van der Waals surface area (Å²) in [5.74, 6) is 0. The summed E-state index contributed by atoms with van der Waals surface area (Å²) in [6.45, 7) is 3.90. The van der Waals surface area contributed by atoms with Crippen molar-refractivity contribution in [2.45, 2.75) is 37.5 Å². The van der Waals surface area contributed by atoms with Crippen LogP contribution in [0.3, 0.4) is 0 Å². The van der Waals surface area contributed by atoms with Gasteiger partial charge >= 0.3 is 0 Å². The highest BCUT2D eigenvalue weighted by Gasteiger charge is 2.39. The first-order valence-electron chi connectivity index (χ1n) is 6.78. The molecule has 92 valence electrons. The van der Waals surface area contributed by atoms with Gasteiger partial charge in [0.05, 0.1) is 0 Å². The molecule has 1 aromatic carbocycles. The molecule has 0 N–H and O–H groups in total. The highest BCUT2D eigenvalue weighted by Crippen LogP contribution is 2.44. The number of halogens is 1. The normalized spacial score (nSPS) is 23.6. The molecule has 2 heteroatoms. The lowest BCUT2D eigenvalue weighted by Crippen LogP contribution is -2.46. The molecule has 0 aromatic heterocycles. The molecule has 0 spiro atoms. The standard InChI is InChI=1S/C15H20BrN/c16-14-7-2-1-6-13(14)15(8-3-4-9-15)12-17-10-5-11-17/h1-2,6-7H,3-5,8-12H2. The second kappa shape index (κ2) is 4.74. The molecule has 1 saturated heterocycles. The Bertz CT molecular complexity index is 392. The molecule has 1 aliphatic carbocycles. The quantitative estimate of drug-likeness (QED) is 0.815. The Morgan fingerprint density at radius 3 is 2.35 bits per heavy atom. The second-order valence-corrected chi connectivity index (χ2v) is 6.45. The predicted molar refractivity (Wildman–Crippen MR) is 75.3 cm³/mol. The van der Waals surface area contributed by atoms with Gasteiger partial charge < -0.3 is 4.90 Å². The van der Waals surface area contributed by atoms with E-state index >= 15 is 0 Å². The first-order chi connectivity index (χ1) is 8.30. The first kappa shape index (κ1) is 11.7. The summed E-state index contributed by atoms with van der Waals surface area (Å²) in [6.07, 6.45) is 6.93. The van der Waals surface area contributed by atoms with Crippen LogP contribution in [0, 0.1) is 0 Å². The van der Waals surface area contributed by atoms with Crippen molar-refractivity contribution >= 4 is 15.9 Å². The molecule has 0 bridgehead atoms. The highest BCUT2D eigenvalue weighted by atomic mass is 79.9. The minimum absolute atomic E-state index is 0.431. The minimum atomic E-state index is 0.431. The molecule has 17 heavy (non-hydrogen) atoms. The monoisotopic (exact) mass is 293 g/mol. The van der Waals surface area contributed by atoms with Crippen LogP contribution in [0.5, 0.6) is 0 Å². The summed E-state index contributed by atoms with van der Waals surface area (Å²) >= 11 is 3.75.